The fourth-order valence-corrected chi connectivity index (χ4v) is 4.28. The molecule has 0 amide bonds. The molecule has 5 heteroatoms. The van der Waals surface area contributed by atoms with Gasteiger partial charge in [0.25, 0.3) is 0 Å². The van der Waals surface area contributed by atoms with Gasteiger partial charge in [0, 0.05) is 36.8 Å². The third kappa shape index (κ3) is 4.85. The van der Waals surface area contributed by atoms with Crippen LogP contribution in [0, 0.1) is 0 Å². The van der Waals surface area contributed by atoms with Crippen molar-refractivity contribution in [3.63, 3.8) is 0 Å². The summed E-state index contributed by atoms with van der Waals surface area (Å²) in [5, 5.41) is 12.3. The number of nitrogens with zero attached hydrogens (tertiary/aromatic N) is 2. The first-order valence-electron chi connectivity index (χ1n) is 11.3. The molecule has 33 heavy (non-hydrogen) atoms. The van der Waals surface area contributed by atoms with Gasteiger partial charge < -0.3 is 14.6 Å². The van der Waals surface area contributed by atoms with Crippen LogP contribution < -0.4 is 9.47 Å². The van der Waals surface area contributed by atoms with Gasteiger partial charge in [0.1, 0.15) is 30.3 Å². The second kappa shape index (κ2) is 9.22. The summed E-state index contributed by atoms with van der Waals surface area (Å²) >= 11 is 0. The minimum atomic E-state index is -1.12. The fraction of sp³-hybridized carbons (Fsp3) is 0.250. The molecule has 0 saturated carbocycles. The van der Waals surface area contributed by atoms with E-state index in [1.54, 1.807) is 6.92 Å². The zero-order valence-corrected chi connectivity index (χ0v) is 18.8. The van der Waals surface area contributed by atoms with Crippen LogP contribution >= 0.6 is 0 Å². The normalized spacial score (nSPS) is 15.8. The molecule has 2 heterocycles. The van der Waals surface area contributed by atoms with E-state index in [4.69, 9.17) is 9.47 Å². The van der Waals surface area contributed by atoms with Crippen LogP contribution in [0.4, 0.5) is 0 Å². The Bertz CT molecular complexity index is 1240. The van der Waals surface area contributed by atoms with Crippen LogP contribution in [0.3, 0.4) is 0 Å². The molecule has 1 aliphatic heterocycles. The molecule has 1 atom stereocenters. The van der Waals surface area contributed by atoms with Gasteiger partial charge in [0.15, 0.2) is 0 Å². The molecule has 0 radical (unpaired) electrons. The lowest BCUT2D eigenvalue weighted by Crippen LogP contribution is -2.30. The van der Waals surface area contributed by atoms with Gasteiger partial charge in [-0.2, -0.15) is 0 Å². The molecular weight excluding hydrogens is 412 g/mol. The number of hydrogen-bond acceptors (Lipinski definition) is 5. The predicted octanol–water partition coefficient (Wildman–Crippen LogP) is 4.92. The van der Waals surface area contributed by atoms with Gasteiger partial charge in [0.2, 0.25) is 0 Å². The Kier molecular flexibility index (Phi) is 5.99. The maximum absolute atomic E-state index is 11.2. The zero-order chi connectivity index (χ0) is 22.7. The van der Waals surface area contributed by atoms with E-state index >= 15 is 0 Å². The van der Waals surface area contributed by atoms with Gasteiger partial charge in [-0.25, -0.2) is 0 Å². The van der Waals surface area contributed by atoms with Gasteiger partial charge in [-0.1, -0.05) is 42.5 Å². The summed E-state index contributed by atoms with van der Waals surface area (Å²) in [4.78, 5) is 6.87. The van der Waals surface area contributed by atoms with Crippen LogP contribution in [0.15, 0.2) is 85.1 Å². The van der Waals surface area contributed by atoms with E-state index < -0.39 is 5.60 Å². The molecule has 3 aromatic carbocycles. The number of aromatic nitrogens is 1. The first-order chi connectivity index (χ1) is 16.1. The smallest absolute Gasteiger partial charge is 0.123 e. The van der Waals surface area contributed by atoms with Crippen LogP contribution in [0.5, 0.6) is 11.5 Å². The van der Waals surface area contributed by atoms with Gasteiger partial charge in [-0.05, 0) is 54.4 Å². The number of benzene rings is 3. The highest BCUT2D eigenvalue weighted by atomic mass is 16.5. The van der Waals surface area contributed by atoms with Gasteiger partial charge in [-0.3, -0.25) is 9.88 Å². The van der Waals surface area contributed by atoms with Crippen molar-refractivity contribution in [1.82, 2.24) is 9.88 Å². The second-order valence-corrected chi connectivity index (χ2v) is 8.74. The molecular formula is C28H28N2O3. The minimum Gasteiger partial charge on any atom is -0.492 e. The summed E-state index contributed by atoms with van der Waals surface area (Å²) in [6.45, 7) is 4.97. The van der Waals surface area contributed by atoms with E-state index in [1.807, 2.05) is 66.9 Å². The molecule has 4 aromatic rings. The maximum atomic E-state index is 11.2. The molecule has 1 unspecified atom stereocenters. The Labute approximate surface area is 194 Å². The van der Waals surface area contributed by atoms with Gasteiger partial charge in [-0.15, -0.1) is 0 Å². The van der Waals surface area contributed by atoms with Crippen molar-refractivity contribution in [2.75, 3.05) is 19.8 Å². The van der Waals surface area contributed by atoms with Crippen molar-refractivity contribution in [3.8, 4) is 11.5 Å². The summed E-state index contributed by atoms with van der Waals surface area (Å²) in [6.07, 6.45) is 1.88. The largest absolute Gasteiger partial charge is 0.492 e. The average Bonchev–Trinajstić information content (AvgIpc) is 3.05. The standard InChI is InChI=1S/C28H28N2O3/c1-28(31,20-33-24-7-3-2-4-8-24)23-11-12-27-22(17-23)19-30(15-16-32-27)18-21-13-14-29-26-10-6-5-9-25(21)26/h2-14,17,31H,15-16,18-20H2,1H3. The second-order valence-electron chi connectivity index (χ2n) is 8.74. The Morgan fingerprint density at radius 3 is 2.73 bits per heavy atom. The number of pyridine rings is 1. The van der Waals surface area contributed by atoms with Crippen LogP contribution in [0.1, 0.15) is 23.6 Å². The topological polar surface area (TPSA) is 54.8 Å². The number of ether oxygens (including phenoxy) is 2. The number of aliphatic hydroxyl groups is 1. The molecule has 5 rings (SSSR count). The Morgan fingerprint density at radius 2 is 1.85 bits per heavy atom. The van der Waals surface area contributed by atoms with Crippen LogP contribution in [0.25, 0.3) is 10.9 Å². The molecule has 0 saturated heterocycles. The third-order valence-corrected chi connectivity index (χ3v) is 6.14. The molecule has 0 bridgehead atoms. The highest BCUT2D eigenvalue weighted by Crippen LogP contribution is 2.31. The molecule has 0 spiro atoms. The summed E-state index contributed by atoms with van der Waals surface area (Å²) in [6, 6.07) is 25.9. The van der Waals surface area contributed by atoms with Crippen LogP contribution in [-0.4, -0.2) is 34.7 Å². The predicted molar refractivity (Wildman–Crippen MR) is 129 cm³/mol. The van der Waals surface area contributed by atoms with Crippen molar-refractivity contribution >= 4 is 10.9 Å². The SMILES string of the molecule is CC(O)(COc1ccccc1)c1ccc2c(c1)CN(Cc1ccnc3ccccc13)CCO2. The highest BCUT2D eigenvalue weighted by molar-refractivity contribution is 5.81. The quantitative estimate of drug-likeness (QED) is 0.461. The summed E-state index contributed by atoms with van der Waals surface area (Å²) < 4.78 is 11.9. The Morgan fingerprint density at radius 1 is 1.03 bits per heavy atom. The monoisotopic (exact) mass is 440 g/mol. The Balaban J connectivity index is 1.35. The fourth-order valence-electron chi connectivity index (χ4n) is 4.28. The van der Waals surface area contributed by atoms with Crippen LogP contribution in [-0.2, 0) is 18.7 Å². The molecule has 0 aliphatic carbocycles. The van der Waals surface area contributed by atoms with Gasteiger partial charge in [0.05, 0.1) is 5.52 Å². The molecule has 1 aromatic heterocycles. The van der Waals surface area contributed by atoms with E-state index in [0.29, 0.717) is 6.61 Å². The lowest BCUT2D eigenvalue weighted by Gasteiger charge is -2.25. The highest BCUT2D eigenvalue weighted by Gasteiger charge is 2.26. The van der Waals surface area contributed by atoms with Crippen molar-refractivity contribution in [1.29, 1.82) is 0 Å². The van der Waals surface area contributed by atoms with Crippen LogP contribution in [0.2, 0.25) is 0 Å². The molecule has 168 valence electrons. The Hall–Kier alpha value is -3.41. The number of hydrogen-bond donors (Lipinski definition) is 1. The summed E-state index contributed by atoms with van der Waals surface area (Å²) in [5.74, 6) is 1.62. The van der Waals surface area contributed by atoms with Crippen molar-refractivity contribution in [3.05, 3.63) is 102 Å². The van der Waals surface area contributed by atoms with E-state index in [1.165, 1.54) is 10.9 Å². The summed E-state index contributed by atoms with van der Waals surface area (Å²) in [5.41, 5.74) is 3.03. The molecule has 1 aliphatic rings. The molecule has 5 nitrogen and oxygen atoms in total. The van der Waals surface area contributed by atoms with Crippen molar-refractivity contribution in [2.45, 2.75) is 25.6 Å². The maximum Gasteiger partial charge on any atom is 0.123 e. The van der Waals surface area contributed by atoms with Crippen molar-refractivity contribution < 1.29 is 14.6 Å². The number of fused-ring (bicyclic) bond motifs is 2. The first-order valence-corrected chi connectivity index (χ1v) is 11.3. The third-order valence-electron chi connectivity index (χ3n) is 6.14. The average molecular weight is 441 g/mol. The molecule has 0 fully saturated rings. The number of para-hydroxylation sites is 2. The van der Waals surface area contributed by atoms with Gasteiger partial charge >= 0.3 is 0 Å². The minimum absolute atomic E-state index is 0.170. The van der Waals surface area contributed by atoms with Crippen molar-refractivity contribution in [2.24, 2.45) is 0 Å². The zero-order valence-electron chi connectivity index (χ0n) is 18.8. The lowest BCUT2D eigenvalue weighted by molar-refractivity contribution is 0.00748. The van der Waals surface area contributed by atoms with E-state index in [-0.39, 0.29) is 6.61 Å². The lowest BCUT2D eigenvalue weighted by atomic mass is 9.94. The molecule has 1 N–H and O–H groups in total. The number of rotatable bonds is 6. The summed E-state index contributed by atoms with van der Waals surface area (Å²) in [7, 11) is 0. The van der Waals surface area contributed by atoms with E-state index in [0.717, 1.165) is 47.8 Å². The van der Waals surface area contributed by atoms with E-state index in [2.05, 4.69) is 28.1 Å². The van der Waals surface area contributed by atoms with E-state index in [9.17, 15) is 5.11 Å². The first kappa shape index (κ1) is 21.4.